The topological polar surface area (TPSA) is 64.0 Å². The first-order chi connectivity index (χ1) is 6.60. The van der Waals surface area contributed by atoms with Gasteiger partial charge in [0.1, 0.15) is 4.90 Å². The van der Waals surface area contributed by atoms with Crippen molar-refractivity contribution in [1.82, 2.24) is 14.5 Å². The molecule has 0 aliphatic carbocycles. The van der Waals surface area contributed by atoms with Crippen LogP contribution in [0.25, 0.3) is 0 Å². The van der Waals surface area contributed by atoms with E-state index in [9.17, 15) is 8.42 Å². The minimum atomic E-state index is -3.38. The van der Waals surface area contributed by atoms with Crippen molar-refractivity contribution in [3.8, 4) is 0 Å². The van der Waals surface area contributed by atoms with Crippen LogP contribution < -0.4 is 4.72 Å². The van der Waals surface area contributed by atoms with Gasteiger partial charge in [-0.1, -0.05) is 6.92 Å². The van der Waals surface area contributed by atoms with E-state index in [0.29, 0.717) is 19.0 Å². The quantitative estimate of drug-likeness (QED) is 0.755. The number of sulfonamides is 1. The summed E-state index contributed by atoms with van der Waals surface area (Å²) in [6.07, 6.45) is 2.77. The predicted molar refractivity (Wildman–Crippen MR) is 53.8 cm³/mol. The fourth-order valence-corrected chi connectivity index (χ4v) is 2.13. The zero-order valence-corrected chi connectivity index (χ0v) is 9.35. The average molecular weight is 238 g/mol. The van der Waals surface area contributed by atoms with E-state index in [0.717, 1.165) is 0 Å². The lowest BCUT2D eigenvalue weighted by molar-refractivity contribution is 0.583. The van der Waals surface area contributed by atoms with Crippen LogP contribution >= 0.6 is 11.6 Å². The molecule has 0 aliphatic heterocycles. The summed E-state index contributed by atoms with van der Waals surface area (Å²) in [5.41, 5.74) is 0. The molecule has 0 saturated carbocycles. The molecule has 80 valence electrons. The van der Waals surface area contributed by atoms with Crippen molar-refractivity contribution in [2.75, 3.05) is 12.4 Å². The first kappa shape index (κ1) is 11.5. The predicted octanol–water partition coefficient (Wildman–Crippen LogP) is 0.420. The molecular formula is C7H12ClN3O2S. The van der Waals surface area contributed by atoms with Gasteiger partial charge >= 0.3 is 0 Å². The molecule has 5 nitrogen and oxygen atoms in total. The van der Waals surface area contributed by atoms with E-state index in [1.165, 1.54) is 17.1 Å². The minimum Gasteiger partial charge on any atom is -0.270 e. The molecule has 0 spiro atoms. The van der Waals surface area contributed by atoms with Crippen LogP contribution in [0.1, 0.15) is 6.92 Å². The molecule has 0 radical (unpaired) electrons. The van der Waals surface area contributed by atoms with Gasteiger partial charge in [-0.15, -0.1) is 11.6 Å². The van der Waals surface area contributed by atoms with Crippen molar-refractivity contribution >= 4 is 21.6 Å². The second-order valence-corrected chi connectivity index (χ2v) is 4.77. The average Bonchev–Trinajstić information content (AvgIpc) is 2.54. The van der Waals surface area contributed by atoms with Gasteiger partial charge in [-0.3, -0.25) is 4.68 Å². The van der Waals surface area contributed by atoms with Gasteiger partial charge in [0, 0.05) is 18.6 Å². The smallest absolute Gasteiger partial charge is 0.243 e. The second-order valence-electron chi connectivity index (χ2n) is 2.63. The highest BCUT2D eigenvalue weighted by Crippen LogP contribution is 2.06. The number of nitrogens with zero attached hydrogens (tertiary/aromatic N) is 2. The first-order valence-electron chi connectivity index (χ1n) is 4.18. The van der Waals surface area contributed by atoms with Crippen LogP contribution in [0.2, 0.25) is 0 Å². The van der Waals surface area contributed by atoms with Crippen molar-refractivity contribution in [3.63, 3.8) is 0 Å². The maximum atomic E-state index is 11.5. The maximum absolute atomic E-state index is 11.5. The monoisotopic (exact) mass is 237 g/mol. The molecule has 0 aliphatic rings. The summed E-state index contributed by atoms with van der Waals surface area (Å²) < 4.78 is 26.8. The van der Waals surface area contributed by atoms with Crippen molar-refractivity contribution in [2.24, 2.45) is 0 Å². The van der Waals surface area contributed by atoms with Crippen LogP contribution in [0.15, 0.2) is 17.3 Å². The lowest BCUT2D eigenvalue weighted by Gasteiger charge is -1.99. The molecule has 7 heteroatoms. The van der Waals surface area contributed by atoms with Gasteiger partial charge in [-0.05, 0) is 0 Å². The van der Waals surface area contributed by atoms with Crippen LogP contribution in [0, 0.1) is 0 Å². The molecular weight excluding hydrogens is 226 g/mol. The fourth-order valence-electron chi connectivity index (χ4n) is 0.966. The molecule has 1 heterocycles. The van der Waals surface area contributed by atoms with Gasteiger partial charge in [0.25, 0.3) is 0 Å². The Morgan fingerprint density at radius 3 is 2.93 bits per heavy atom. The molecule has 0 atom stereocenters. The summed E-state index contributed by atoms with van der Waals surface area (Å²) >= 11 is 5.49. The third-order valence-corrected chi connectivity index (χ3v) is 3.24. The number of halogens is 1. The molecule has 14 heavy (non-hydrogen) atoms. The van der Waals surface area contributed by atoms with Gasteiger partial charge < -0.3 is 0 Å². The van der Waals surface area contributed by atoms with Crippen molar-refractivity contribution in [1.29, 1.82) is 0 Å². The number of alkyl halides is 1. The molecule has 1 rings (SSSR count). The summed E-state index contributed by atoms with van der Waals surface area (Å²) in [4.78, 5) is 0.171. The number of nitrogens with one attached hydrogen (secondary N) is 1. The van der Waals surface area contributed by atoms with E-state index >= 15 is 0 Å². The summed E-state index contributed by atoms with van der Waals surface area (Å²) in [7, 11) is -3.38. The Kier molecular flexibility index (Phi) is 3.91. The molecule has 0 saturated heterocycles. The van der Waals surface area contributed by atoms with Crippen molar-refractivity contribution in [2.45, 2.75) is 18.4 Å². The molecule has 1 N–H and O–H groups in total. The Morgan fingerprint density at radius 1 is 1.64 bits per heavy atom. The van der Waals surface area contributed by atoms with Crippen molar-refractivity contribution in [3.05, 3.63) is 12.4 Å². The van der Waals surface area contributed by atoms with Crippen LogP contribution in [0.3, 0.4) is 0 Å². The van der Waals surface area contributed by atoms with Gasteiger partial charge in [-0.25, -0.2) is 13.1 Å². The standard InChI is InChI=1S/C7H12ClN3O2S/c1-2-10-14(12,13)7-5-9-11(6-7)4-3-8/h5-6,10H,2-4H2,1H3. The van der Waals surface area contributed by atoms with E-state index in [1.54, 1.807) is 6.92 Å². The van der Waals surface area contributed by atoms with E-state index in [1.807, 2.05) is 0 Å². The van der Waals surface area contributed by atoms with Crippen LogP contribution in [0.4, 0.5) is 0 Å². The molecule has 0 fully saturated rings. The summed E-state index contributed by atoms with van der Waals surface area (Å²) in [6.45, 7) is 2.59. The number of rotatable bonds is 5. The number of hydrogen-bond donors (Lipinski definition) is 1. The SMILES string of the molecule is CCNS(=O)(=O)c1cnn(CCCl)c1. The largest absolute Gasteiger partial charge is 0.270 e. The molecule has 1 aromatic heterocycles. The molecule has 0 unspecified atom stereocenters. The normalized spacial score (nSPS) is 11.9. The summed E-state index contributed by atoms with van der Waals surface area (Å²) in [6, 6.07) is 0. The minimum absolute atomic E-state index is 0.171. The molecule has 0 amide bonds. The van der Waals surface area contributed by atoms with Gasteiger partial charge in [0.15, 0.2) is 0 Å². The second kappa shape index (κ2) is 4.77. The lowest BCUT2D eigenvalue weighted by atomic mass is 10.7. The van der Waals surface area contributed by atoms with E-state index in [-0.39, 0.29) is 4.90 Å². The van der Waals surface area contributed by atoms with Crippen molar-refractivity contribution < 1.29 is 8.42 Å². The Bertz CT molecular complexity index is 387. The molecule has 0 bridgehead atoms. The zero-order valence-electron chi connectivity index (χ0n) is 7.77. The molecule has 0 aromatic carbocycles. The number of hydrogen-bond acceptors (Lipinski definition) is 3. The highest BCUT2D eigenvalue weighted by Gasteiger charge is 2.14. The number of aryl methyl sites for hydroxylation is 1. The molecule has 1 aromatic rings. The third-order valence-electron chi connectivity index (χ3n) is 1.57. The Labute approximate surface area is 88.1 Å². The summed E-state index contributed by atoms with van der Waals surface area (Å²) in [5.74, 6) is 0.405. The lowest BCUT2D eigenvalue weighted by Crippen LogP contribution is -2.22. The fraction of sp³-hybridized carbons (Fsp3) is 0.571. The Morgan fingerprint density at radius 2 is 2.36 bits per heavy atom. The Hall–Kier alpha value is -0.590. The van der Waals surface area contributed by atoms with E-state index in [2.05, 4.69) is 9.82 Å². The van der Waals surface area contributed by atoms with Gasteiger partial charge in [0.05, 0.1) is 12.7 Å². The highest BCUT2D eigenvalue weighted by atomic mass is 35.5. The van der Waals surface area contributed by atoms with Crippen LogP contribution in [0.5, 0.6) is 0 Å². The number of aromatic nitrogens is 2. The van der Waals surface area contributed by atoms with E-state index in [4.69, 9.17) is 11.6 Å². The Balaban J connectivity index is 2.86. The van der Waals surface area contributed by atoms with Crippen LogP contribution in [-0.2, 0) is 16.6 Å². The zero-order chi connectivity index (χ0) is 10.6. The van der Waals surface area contributed by atoms with Crippen LogP contribution in [-0.4, -0.2) is 30.6 Å². The highest BCUT2D eigenvalue weighted by molar-refractivity contribution is 7.89. The maximum Gasteiger partial charge on any atom is 0.243 e. The van der Waals surface area contributed by atoms with Gasteiger partial charge in [0.2, 0.25) is 10.0 Å². The summed E-state index contributed by atoms with van der Waals surface area (Å²) in [5, 5.41) is 3.87. The first-order valence-corrected chi connectivity index (χ1v) is 6.20. The van der Waals surface area contributed by atoms with Gasteiger partial charge in [-0.2, -0.15) is 5.10 Å². The third kappa shape index (κ3) is 2.70. The van der Waals surface area contributed by atoms with E-state index < -0.39 is 10.0 Å².